The summed E-state index contributed by atoms with van der Waals surface area (Å²) in [5.74, 6) is 0.144. The van der Waals surface area contributed by atoms with E-state index in [2.05, 4.69) is 5.16 Å². The van der Waals surface area contributed by atoms with Crippen LogP contribution in [0, 0.1) is 0 Å². The molecule has 0 saturated carbocycles. The normalized spacial score (nSPS) is 10.6. The number of amides is 1. The second kappa shape index (κ2) is 5.49. The molecule has 4 heteroatoms. The molecule has 0 unspecified atom stereocenters. The Balaban J connectivity index is 2.17. The van der Waals surface area contributed by atoms with Crippen molar-refractivity contribution >= 4 is 5.91 Å². The van der Waals surface area contributed by atoms with E-state index in [1.807, 2.05) is 44.2 Å². The van der Waals surface area contributed by atoms with Crippen LogP contribution in [0.4, 0.5) is 0 Å². The highest BCUT2D eigenvalue weighted by molar-refractivity contribution is 5.91. The maximum absolute atomic E-state index is 12.2. The van der Waals surface area contributed by atoms with Crippen molar-refractivity contribution in [2.75, 3.05) is 0 Å². The minimum atomic E-state index is -0.133. The summed E-state index contributed by atoms with van der Waals surface area (Å²) >= 11 is 0. The number of hydrogen-bond acceptors (Lipinski definition) is 3. The van der Waals surface area contributed by atoms with Crippen LogP contribution >= 0.6 is 0 Å². The Labute approximate surface area is 106 Å². The summed E-state index contributed by atoms with van der Waals surface area (Å²) < 4.78 is 4.92. The molecule has 0 bridgehead atoms. The number of aromatic nitrogens is 1. The first-order chi connectivity index (χ1) is 8.68. The molecule has 0 aliphatic heterocycles. The van der Waals surface area contributed by atoms with Gasteiger partial charge >= 0.3 is 0 Å². The van der Waals surface area contributed by atoms with Crippen molar-refractivity contribution in [1.29, 1.82) is 0 Å². The predicted octanol–water partition coefficient (Wildman–Crippen LogP) is 2.73. The SMILES string of the molecule is CC(C)N(Cc1ccccc1)C(=O)c1ccno1. The number of benzene rings is 1. The molecule has 0 radical (unpaired) electrons. The topological polar surface area (TPSA) is 46.3 Å². The van der Waals surface area contributed by atoms with Crippen LogP contribution in [0.3, 0.4) is 0 Å². The van der Waals surface area contributed by atoms with Crippen LogP contribution in [0.2, 0.25) is 0 Å². The van der Waals surface area contributed by atoms with Gasteiger partial charge in [-0.3, -0.25) is 4.79 Å². The fraction of sp³-hybridized carbons (Fsp3) is 0.286. The maximum Gasteiger partial charge on any atom is 0.292 e. The summed E-state index contributed by atoms with van der Waals surface area (Å²) in [5.41, 5.74) is 1.10. The van der Waals surface area contributed by atoms with Gasteiger partial charge in [-0.05, 0) is 19.4 Å². The van der Waals surface area contributed by atoms with Crippen LogP contribution in [0.25, 0.3) is 0 Å². The highest BCUT2D eigenvalue weighted by Crippen LogP contribution is 2.12. The van der Waals surface area contributed by atoms with Crippen molar-refractivity contribution in [3.8, 4) is 0 Å². The smallest absolute Gasteiger partial charge is 0.292 e. The molecule has 94 valence electrons. The number of carbonyl (C=O) groups excluding carboxylic acids is 1. The van der Waals surface area contributed by atoms with E-state index in [9.17, 15) is 4.79 Å². The molecule has 4 nitrogen and oxygen atoms in total. The monoisotopic (exact) mass is 244 g/mol. The average molecular weight is 244 g/mol. The highest BCUT2D eigenvalue weighted by atomic mass is 16.5. The van der Waals surface area contributed by atoms with Crippen molar-refractivity contribution in [3.63, 3.8) is 0 Å². The molecular weight excluding hydrogens is 228 g/mol. The molecule has 1 heterocycles. The van der Waals surface area contributed by atoms with E-state index in [0.29, 0.717) is 6.54 Å². The van der Waals surface area contributed by atoms with Crippen LogP contribution in [0.1, 0.15) is 30.0 Å². The second-order valence-electron chi connectivity index (χ2n) is 4.39. The number of rotatable bonds is 4. The summed E-state index contributed by atoms with van der Waals surface area (Å²) in [7, 11) is 0. The molecule has 2 aromatic rings. The Bertz CT molecular complexity index is 492. The lowest BCUT2D eigenvalue weighted by atomic mass is 10.2. The van der Waals surface area contributed by atoms with Crippen LogP contribution in [-0.2, 0) is 6.54 Å². The Morgan fingerprint density at radius 2 is 2.00 bits per heavy atom. The van der Waals surface area contributed by atoms with Crippen molar-refractivity contribution in [2.45, 2.75) is 26.4 Å². The van der Waals surface area contributed by atoms with Gasteiger partial charge in [0.15, 0.2) is 0 Å². The lowest BCUT2D eigenvalue weighted by Gasteiger charge is -2.25. The van der Waals surface area contributed by atoms with Gasteiger partial charge in [-0.2, -0.15) is 0 Å². The predicted molar refractivity (Wildman–Crippen MR) is 68.0 cm³/mol. The second-order valence-corrected chi connectivity index (χ2v) is 4.39. The van der Waals surface area contributed by atoms with Gasteiger partial charge in [0, 0.05) is 18.7 Å². The van der Waals surface area contributed by atoms with Crippen molar-refractivity contribution < 1.29 is 9.32 Å². The first-order valence-corrected chi connectivity index (χ1v) is 5.94. The summed E-state index contributed by atoms with van der Waals surface area (Å²) in [6, 6.07) is 11.6. The minimum absolute atomic E-state index is 0.0998. The first kappa shape index (κ1) is 12.4. The molecule has 1 aromatic heterocycles. The lowest BCUT2D eigenvalue weighted by Crippen LogP contribution is -2.36. The molecule has 0 N–H and O–H groups in total. The van der Waals surface area contributed by atoms with Gasteiger partial charge < -0.3 is 9.42 Å². The number of hydrogen-bond donors (Lipinski definition) is 0. The molecule has 2 rings (SSSR count). The Morgan fingerprint density at radius 1 is 1.28 bits per heavy atom. The van der Waals surface area contributed by atoms with Gasteiger partial charge in [0.05, 0.1) is 6.20 Å². The minimum Gasteiger partial charge on any atom is -0.351 e. The molecule has 0 spiro atoms. The molecule has 0 fully saturated rings. The number of carbonyl (C=O) groups is 1. The van der Waals surface area contributed by atoms with E-state index in [-0.39, 0.29) is 17.7 Å². The van der Waals surface area contributed by atoms with Crippen LogP contribution in [0.5, 0.6) is 0 Å². The van der Waals surface area contributed by atoms with Gasteiger partial charge in [0.1, 0.15) is 0 Å². The van der Waals surface area contributed by atoms with Crippen molar-refractivity contribution in [1.82, 2.24) is 10.1 Å². The Morgan fingerprint density at radius 3 is 2.56 bits per heavy atom. The average Bonchev–Trinajstić information content (AvgIpc) is 2.90. The van der Waals surface area contributed by atoms with Gasteiger partial charge in [-0.1, -0.05) is 35.5 Å². The molecule has 0 saturated heterocycles. The molecule has 1 amide bonds. The quantitative estimate of drug-likeness (QED) is 0.830. The van der Waals surface area contributed by atoms with Crippen molar-refractivity contribution in [3.05, 3.63) is 53.9 Å². The first-order valence-electron chi connectivity index (χ1n) is 5.94. The van der Waals surface area contributed by atoms with Crippen LogP contribution < -0.4 is 0 Å². The molecule has 0 aliphatic carbocycles. The summed E-state index contributed by atoms with van der Waals surface area (Å²) in [5, 5.41) is 3.57. The van der Waals surface area contributed by atoms with E-state index in [1.165, 1.54) is 6.20 Å². The third kappa shape index (κ3) is 2.77. The molecule has 0 atom stereocenters. The van der Waals surface area contributed by atoms with E-state index in [1.54, 1.807) is 11.0 Å². The van der Waals surface area contributed by atoms with Gasteiger partial charge in [0.2, 0.25) is 5.76 Å². The van der Waals surface area contributed by atoms with Crippen LogP contribution in [0.15, 0.2) is 47.1 Å². The Hall–Kier alpha value is -2.10. The fourth-order valence-electron chi connectivity index (χ4n) is 1.74. The summed E-state index contributed by atoms with van der Waals surface area (Å²) in [6.45, 7) is 4.53. The van der Waals surface area contributed by atoms with E-state index >= 15 is 0 Å². The van der Waals surface area contributed by atoms with E-state index < -0.39 is 0 Å². The Kier molecular flexibility index (Phi) is 3.77. The fourth-order valence-corrected chi connectivity index (χ4v) is 1.74. The van der Waals surface area contributed by atoms with Gasteiger partial charge in [-0.15, -0.1) is 0 Å². The van der Waals surface area contributed by atoms with E-state index in [0.717, 1.165) is 5.56 Å². The van der Waals surface area contributed by atoms with Crippen molar-refractivity contribution in [2.24, 2.45) is 0 Å². The third-order valence-electron chi connectivity index (χ3n) is 2.73. The third-order valence-corrected chi connectivity index (χ3v) is 2.73. The molecule has 18 heavy (non-hydrogen) atoms. The zero-order valence-electron chi connectivity index (χ0n) is 10.5. The largest absolute Gasteiger partial charge is 0.351 e. The molecular formula is C14H16N2O2. The van der Waals surface area contributed by atoms with E-state index in [4.69, 9.17) is 4.52 Å². The van der Waals surface area contributed by atoms with Crippen LogP contribution in [-0.4, -0.2) is 22.0 Å². The molecule has 1 aromatic carbocycles. The summed E-state index contributed by atoms with van der Waals surface area (Å²) in [6.07, 6.45) is 1.48. The standard InChI is InChI=1S/C14H16N2O2/c1-11(2)16(10-12-6-4-3-5-7-12)14(17)13-8-9-15-18-13/h3-9,11H,10H2,1-2H3. The van der Waals surface area contributed by atoms with Gasteiger partial charge in [-0.25, -0.2) is 0 Å². The zero-order chi connectivity index (χ0) is 13.0. The lowest BCUT2D eigenvalue weighted by molar-refractivity contribution is 0.0647. The molecule has 0 aliphatic rings. The summed E-state index contributed by atoms with van der Waals surface area (Å²) in [4.78, 5) is 14.0. The maximum atomic E-state index is 12.2. The highest BCUT2D eigenvalue weighted by Gasteiger charge is 2.21. The zero-order valence-corrected chi connectivity index (χ0v) is 10.5. The van der Waals surface area contributed by atoms with Gasteiger partial charge in [0.25, 0.3) is 5.91 Å². The number of nitrogens with zero attached hydrogens (tertiary/aromatic N) is 2.